The number of rotatable bonds is 2. The number of hydrogen-bond acceptors (Lipinski definition) is 1. The lowest BCUT2D eigenvalue weighted by atomic mass is 9.92. The highest BCUT2D eigenvalue weighted by Crippen LogP contribution is 2.64. The number of aliphatic hydroxyl groups is 1. The van der Waals surface area contributed by atoms with Crippen LogP contribution < -0.4 is 0 Å². The predicted molar refractivity (Wildman–Crippen MR) is 80.6 cm³/mol. The molecule has 0 spiro atoms. The Kier molecular flexibility index (Phi) is 2.90. The van der Waals surface area contributed by atoms with Gasteiger partial charge in [0.05, 0.1) is 6.10 Å². The van der Waals surface area contributed by atoms with Crippen LogP contribution in [0, 0.1) is 24.6 Å². The minimum Gasteiger partial charge on any atom is -0.388 e. The highest BCUT2D eigenvalue weighted by atomic mass is 19.1. The average Bonchev–Trinajstić information content (AvgIpc) is 3.24. The predicted octanol–water partition coefficient (Wildman–Crippen LogP) is 4.14. The molecule has 2 aromatic carbocycles. The molecule has 2 aliphatic rings. The molecular formula is C19H19FO. The Hall–Kier alpha value is -1.67. The van der Waals surface area contributed by atoms with Crippen LogP contribution in [0.4, 0.5) is 4.39 Å². The molecule has 0 heterocycles. The van der Waals surface area contributed by atoms with Crippen molar-refractivity contribution >= 4 is 0 Å². The number of halogens is 1. The smallest absolute Gasteiger partial charge is 0.126 e. The highest BCUT2D eigenvalue weighted by Gasteiger charge is 2.56. The Balaban J connectivity index is 1.63. The monoisotopic (exact) mass is 282 g/mol. The zero-order valence-corrected chi connectivity index (χ0v) is 12.1. The minimum atomic E-state index is -0.554. The molecular weight excluding hydrogens is 263 g/mol. The second-order valence-corrected chi connectivity index (χ2v) is 6.46. The van der Waals surface area contributed by atoms with E-state index < -0.39 is 6.10 Å². The Bertz CT molecular complexity index is 694. The van der Waals surface area contributed by atoms with Crippen LogP contribution in [0.1, 0.15) is 40.7 Å². The molecule has 2 heteroatoms. The van der Waals surface area contributed by atoms with Crippen molar-refractivity contribution in [2.75, 3.05) is 0 Å². The summed E-state index contributed by atoms with van der Waals surface area (Å²) < 4.78 is 13.7. The second kappa shape index (κ2) is 4.67. The van der Waals surface area contributed by atoms with Crippen LogP contribution in [-0.2, 0) is 6.42 Å². The average molecular weight is 282 g/mol. The summed E-state index contributed by atoms with van der Waals surface area (Å²) in [6.07, 6.45) is 1.68. The summed E-state index contributed by atoms with van der Waals surface area (Å²) in [5.74, 6) is 1.03. The second-order valence-electron chi connectivity index (χ2n) is 6.46. The molecule has 4 atom stereocenters. The maximum absolute atomic E-state index is 13.7. The molecule has 0 radical (unpaired) electrons. The van der Waals surface area contributed by atoms with E-state index in [0.717, 1.165) is 18.4 Å². The molecule has 0 bridgehead atoms. The van der Waals surface area contributed by atoms with Crippen molar-refractivity contribution in [3.63, 3.8) is 0 Å². The Morgan fingerprint density at radius 2 is 2.00 bits per heavy atom. The summed E-state index contributed by atoms with van der Waals surface area (Å²) in [5.41, 5.74) is 4.16. The van der Waals surface area contributed by atoms with Gasteiger partial charge < -0.3 is 5.11 Å². The molecule has 108 valence electrons. The van der Waals surface area contributed by atoms with Gasteiger partial charge in [-0.3, -0.25) is 0 Å². The lowest BCUT2D eigenvalue weighted by Crippen LogP contribution is -2.03. The van der Waals surface area contributed by atoms with Gasteiger partial charge in [-0.1, -0.05) is 36.4 Å². The molecule has 1 saturated carbocycles. The molecule has 2 aliphatic carbocycles. The number of hydrogen-bond donors (Lipinski definition) is 1. The molecule has 0 aromatic heterocycles. The first kappa shape index (κ1) is 13.0. The molecule has 2 aromatic rings. The first-order chi connectivity index (χ1) is 10.2. The summed E-state index contributed by atoms with van der Waals surface area (Å²) in [6.45, 7) is 1.75. The van der Waals surface area contributed by atoms with Crippen molar-refractivity contribution in [3.05, 3.63) is 70.5 Å². The number of aliphatic hydroxyl groups excluding tert-OH is 1. The molecule has 1 N–H and O–H groups in total. The van der Waals surface area contributed by atoms with E-state index in [2.05, 4.69) is 24.3 Å². The number of fused-ring (bicyclic) bond motifs is 3. The number of aryl methyl sites for hydroxylation is 2. The van der Waals surface area contributed by atoms with E-state index in [4.69, 9.17) is 0 Å². The van der Waals surface area contributed by atoms with Crippen molar-refractivity contribution in [1.82, 2.24) is 0 Å². The third-order valence-corrected chi connectivity index (χ3v) is 5.29. The standard InChI is InChI=1S/C19H19FO/c1-11-6-7-13(10-16(11)20)19(21)18-15-9-8-12-4-2-3-5-14(12)17(15)18/h2-7,10,15,17-19,21H,8-9H2,1H3. The summed E-state index contributed by atoms with van der Waals surface area (Å²) in [4.78, 5) is 0. The maximum Gasteiger partial charge on any atom is 0.126 e. The summed E-state index contributed by atoms with van der Waals surface area (Å²) in [5, 5.41) is 10.7. The molecule has 1 nitrogen and oxygen atoms in total. The topological polar surface area (TPSA) is 20.2 Å². The van der Waals surface area contributed by atoms with E-state index in [-0.39, 0.29) is 11.7 Å². The highest BCUT2D eigenvalue weighted by molar-refractivity contribution is 5.41. The van der Waals surface area contributed by atoms with Crippen LogP contribution in [0.25, 0.3) is 0 Å². The van der Waals surface area contributed by atoms with Crippen LogP contribution in [0.15, 0.2) is 42.5 Å². The third kappa shape index (κ3) is 2.01. The van der Waals surface area contributed by atoms with Crippen molar-refractivity contribution in [3.8, 4) is 0 Å². The van der Waals surface area contributed by atoms with Gasteiger partial charge >= 0.3 is 0 Å². The minimum absolute atomic E-state index is 0.226. The van der Waals surface area contributed by atoms with E-state index in [1.807, 2.05) is 6.07 Å². The Morgan fingerprint density at radius 3 is 2.81 bits per heavy atom. The van der Waals surface area contributed by atoms with Gasteiger partial charge in [0.15, 0.2) is 0 Å². The Morgan fingerprint density at radius 1 is 1.19 bits per heavy atom. The van der Waals surface area contributed by atoms with Gasteiger partial charge in [-0.25, -0.2) is 4.39 Å². The van der Waals surface area contributed by atoms with Crippen LogP contribution >= 0.6 is 0 Å². The maximum atomic E-state index is 13.7. The normalized spacial score (nSPS) is 27.7. The van der Waals surface area contributed by atoms with Gasteiger partial charge in [0.2, 0.25) is 0 Å². The molecule has 1 fully saturated rings. The van der Waals surface area contributed by atoms with Crippen LogP contribution in [0.2, 0.25) is 0 Å². The lowest BCUT2D eigenvalue weighted by molar-refractivity contribution is 0.144. The first-order valence-corrected chi connectivity index (χ1v) is 7.69. The van der Waals surface area contributed by atoms with Crippen LogP contribution in [0.5, 0.6) is 0 Å². The van der Waals surface area contributed by atoms with E-state index in [9.17, 15) is 9.50 Å². The quantitative estimate of drug-likeness (QED) is 0.877. The summed E-state index contributed by atoms with van der Waals surface area (Å²) >= 11 is 0. The van der Waals surface area contributed by atoms with Crippen molar-refractivity contribution in [2.45, 2.75) is 31.8 Å². The molecule has 0 aliphatic heterocycles. The fourth-order valence-corrected chi connectivity index (χ4v) is 4.07. The van der Waals surface area contributed by atoms with Crippen LogP contribution in [0.3, 0.4) is 0 Å². The van der Waals surface area contributed by atoms with Crippen LogP contribution in [-0.4, -0.2) is 5.11 Å². The first-order valence-electron chi connectivity index (χ1n) is 7.69. The van der Waals surface area contributed by atoms with E-state index >= 15 is 0 Å². The molecule has 0 saturated heterocycles. The van der Waals surface area contributed by atoms with E-state index in [1.54, 1.807) is 13.0 Å². The van der Waals surface area contributed by atoms with Crippen molar-refractivity contribution in [1.29, 1.82) is 0 Å². The molecule has 4 unspecified atom stereocenters. The fraction of sp³-hybridized carbons (Fsp3) is 0.368. The summed E-state index contributed by atoms with van der Waals surface area (Å²) in [7, 11) is 0. The molecule has 0 amide bonds. The SMILES string of the molecule is Cc1ccc(C(O)C2C3CCc4ccccc4C32)cc1F. The fourth-order valence-electron chi connectivity index (χ4n) is 4.07. The lowest BCUT2D eigenvalue weighted by Gasteiger charge is -2.13. The van der Waals surface area contributed by atoms with Gasteiger partial charge in [0, 0.05) is 0 Å². The molecule has 21 heavy (non-hydrogen) atoms. The largest absolute Gasteiger partial charge is 0.388 e. The number of benzene rings is 2. The van der Waals surface area contributed by atoms with Gasteiger partial charge in [0.1, 0.15) is 5.82 Å². The van der Waals surface area contributed by atoms with Gasteiger partial charge in [-0.2, -0.15) is 0 Å². The van der Waals surface area contributed by atoms with Crippen molar-refractivity contribution < 1.29 is 9.50 Å². The zero-order chi connectivity index (χ0) is 14.6. The van der Waals surface area contributed by atoms with Gasteiger partial charge in [-0.15, -0.1) is 0 Å². The summed E-state index contributed by atoms with van der Waals surface area (Å²) in [6, 6.07) is 13.7. The zero-order valence-electron chi connectivity index (χ0n) is 12.1. The van der Waals surface area contributed by atoms with E-state index in [0.29, 0.717) is 17.4 Å². The van der Waals surface area contributed by atoms with Crippen molar-refractivity contribution in [2.24, 2.45) is 11.8 Å². The van der Waals surface area contributed by atoms with Gasteiger partial charge in [0.25, 0.3) is 0 Å². The Labute approximate surface area is 124 Å². The van der Waals surface area contributed by atoms with Gasteiger partial charge in [-0.05, 0) is 65.8 Å². The third-order valence-electron chi connectivity index (χ3n) is 5.29. The molecule has 4 rings (SSSR count). The van der Waals surface area contributed by atoms with E-state index in [1.165, 1.54) is 17.2 Å².